The summed E-state index contributed by atoms with van der Waals surface area (Å²) >= 11 is 0. The van der Waals surface area contributed by atoms with Crippen LogP contribution in [-0.4, -0.2) is 49.1 Å². The maximum Gasteiger partial charge on any atom is 0.422 e. The number of anilines is 2. The summed E-state index contributed by atoms with van der Waals surface area (Å²) < 4.78 is 59.1. The normalized spacial score (nSPS) is 18.8. The fraction of sp³-hybridized carbons (Fsp3) is 0.258. The molecule has 0 saturated carbocycles. The fourth-order valence-corrected chi connectivity index (χ4v) is 7.60. The van der Waals surface area contributed by atoms with Crippen LogP contribution in [0.1, 0.15) is 50.3 Å². The van der Waals surface area contributed by atoms with Crippen LogP contribution in [0.25, 0.3) is 5.76 Å². The van der Waals surface area contributed by atoms with Crippen LogP contribution in [0.2, 0.25) is 0 Å². The number of nitrogens with one attached hydrogen (secondary N) is 2. The molecule has 2 aliphatic rings. The van der Waals surface area contributed by atoms with Gasteiger partial charge in [0.1, 0.15) is 16.2 Å². The largest absolute Gasteiger partial charge is 0.506 e. The van der Waals surface area contributed by atoms with Crippen LogP contribution in [0.5, 0.6) is 0 Å². The molecule has 0 radical (unpaired) electrons. The zero-order valence-electron chi connectivity index (χ0n) is 24.7. The molecular formula is C31H32N4O8S2. The van der Waals surface area contributed by atoms with Gasteiger partial charge in [0.15, 0.2) is 11.6 Å². The van der Waals surface area contributed by atoms with Gasteiger partial charge in [0, 0.05) is 5.56 Å². The van der Waals surface area contributed by atoms with E-state index in [1.807, 2.05) is 13.8 Å². The van der Waals surface area contributed by atoms with Gasteiger partial charge in [-0.25, -0.2) is 4.79 Å². The number of hydrogen-bond donors (Lipinski definition) is 4. The summed E-state index contributed by atoms with van der Waals surface area (Å²) in [5.41, 5.74) is -0.125. The minimum atomic E-state index is -4.68. The van der Waals surface area contributed by atoms with Gasteiger partial charge in [-0.3, -0.25) is 9.52 Å². The molecule has 3 aromatic carbocycles. The van der Waals surface area contributed by atoms with Crippen molar-refractivity contribution in [3.63, 3.8) is 0 Å². The molecule has 1 aliphatic heterocycles. The SMILES string of the molecule is CC(C)CCC1(C)C(=O)C(C2=NS(=O)(=O)c3cc(NS(=O)(=O)N(Cc4ccccc4)C(=O)O)ccc3N2)=C(O)c2ccccc21. The Labute approximate surface area is 261 Å². The second-order valence-electron chi connectivity index (χ2n) is 11.5. The number of carbonyl (C=O) groups is 2. The second kappa shape index (κ2) is 11.7. The average molecular weight is 653 g/mol. The number of Topliss-reactive ketones (excluding diaryl/α,β-unsaturated/α-hetero) is 1. The zero-order chi connectivity index (χ0) is 32.7. The summed E-state index contributed by atoms with van der Waals surface area (Å²) in [4.78, 5) is 25.5. The summed E-state index contributed by atoms with van der Waals surface area (Å²) in [5.74, 6) is -0.960. The van der Waals surface area contributed by atoms with E-state index in [4.69, 9.17) is 0 Å². The lowest BCUT2D eigenvalue weighted by Gasteiger charge is -2.36. The molecule has 236 valence electrons. The van der Waals surface area contributed by atoms with Crippen molar-refractivity contribution in [2.75, 3.05) is 10.0 Å². The smallest absolute Gasteiger partial charge is 0.422 e. The highest BCUT2D eigenvalue weighted by molar-refractivity contribution is 7.91. The highest BCUT2D eigenvalue weighted by Gasteiger charge is 2.46. The van der Waals surface area contributed by atoms with Crippen molar-refractivity contribution in [1.82, 2.24) is 4.31 Å². The van der Waals surface area contributed by atoms with Crippen LogP contribution in [0.4, 0.5) is 16.2 Å². The first-order valence-electron chi connectivity index (χ1n) is 14.1. The maximum absolute atomic E-state index is 14.1. The summed E-state index contributed by atoms with van der Waals surface area (Å²) in [6.45, 7) is 5.36. The molecule has 1 heterocycles. The van der Waals surface area contributed by atoms with Gasteiger partial charge in [-0.1, -0.05) is 68.4 Å². The molecule has 0 fully saturated rings. The van der Waals surface area contributed by atoms with Gasteiger partial charge in [-0.05, 0) is 55.0 Å². The van der Waals surface area contributed by atoms with Crippen molar-refractivity contribution in [3.05, 3.63) is 95.1 Å². The van der Waals surface area contributed by atoms with Gasteiger partial charge in [0.05, 0.1) is 23.3 Å². The minimum Gasteiger partial charge on any atom is -0.506 e. The van der Waals surface area contributed by atoms with E-state index in [1.165, 1.54) is 12.1 Å². The molecular weight excluding hydrogens is 620 g/mol. The van der Waals surface area contributed by atoms with Gasteiger partial charge in [-0.2, -0.15) is 21.1 Å². The number of fused-ring (bicyclic) bond motifs is 2. The molecule has 1 amide bonds. The van der Waals surface area contributed by atoms with E-state index < -0.39 is 54.7 Å². The van der Waals surface area contributed by atoms with Gasteiger partial charge in [-0.15, -0.1) is 4.40 Å². The van der Waals surface area contributed by atoms with E-state index in [9.17, 15) is 36.6 Å². The van der Waals surface area contributed by atoms with Crippen molar-refractivity contribution >= 4 is 55.1 Å². The topological polar surface area (TPSA) is 183 Å². The molecule has 0 bridgehead atoms. The number of benzene rings is 3. The molecule has 1 unspecified atom stereocenters. The molecule has 0 spiro atoms. The highest BCUT2D eigenvalue weighted by Crippen LogP contribution is 2.44. The first kappa shape index (κ1) is 31.7. The van der Waals surface area contributed by atoms with E-state index in [-0.39, 0.29) is 33.0 Å². The van der Waals surface area contributed by atoms with Crippen LogP contribution in [0, 0.1) is 5.92 Å². The number of carbonyl (C=O) groups excluding carboxylic acids is 1. The summed E-state index contributed by atoms with van der Waals surface area (Å²) in [6.07, 6.45) is -0.579. The van der Waals surface area contributed by atoms with Crippen molar-refractivity contribution in [2.24, 2.45) is 10.3 Å². The van der Waals surface area contributed by atoms with E-state index >= 15 is 0 Å². The quantitative estimate of drug-likeness (QED) is 0.239. The number of sulfonamides is 1. The lowest BCUT2D eigenvalue weighted by Crippen LogP contribution is -2.42. The van der Waals surface area contributed by atoms with E-state index in [0.717, 1.165) is 6.07 Å². The Bertz CT molecular complexity index is 1970. The Hall–Kier alpha value is -4.69. The maximum atomic E-state index is 14.1. The Morgan fingerprint density at radius 2 is 1.73 bits per heavy atom. The Balaban J connectivity index is 1.49. The first-order valence-corrected chi connectivity index (χ1v) is 16.9. The molecule has 4 N–H and O–H groups in total. The highest BCUT2D eigenvalue weighted by atomic mass is 32.2. The van der Waals surface area contributed by atoms with Gasteiger partial charge >= 0.3 is 16.3 Å². The van der Waals surface area contributed by atoms with Crippen molar-refractivity contribution in [3.8, 4) is 0 Å². The van der Waals surface area contributed by atoms with Crippen LogP contribution < -0.4 is 10.0 Å². The molecule has 5 rings (SSSR count). The number of hydrogen-bond acceptors (Lipinski definition) is 8. The van der Waals surface area contributed by atoms with Gasteiger partial charge in [0.2, 0.25) is 0 Å². The predicted molar refractivity (Wildman–Crippen MR) is 170 cm³/mol. The van der Waals surface area contributed by atoms with E-state index in [1.54, 1.807) is 61.5 Å². The van der Waals surface area contributed by atoms with Crippen LogP contribution in [0.3, 0.4) is 0 Å². The molecule has 14 heteroatoms. The van der Waals surface area contributed by atoms with E-state index in [2.05, 4.69) is 14.4 Å². The van der Waals surface area contributed by atoms with Crippen LogP contribution in [-0.2, 0) is 37.0 Å². The first-order chi connectivity index (χ1) is 21.1. The van der Waals surface area contributed by atoms with E-state index in [0.29, 0.717) is 29.5 Å². The summed E-state index contributed by atoms with van der Waals surface area (Å²) in [6, 6.07) is 18.5. The predicted octanol–water partition coefficient (Wildman–Crippen LogP) is 5.28. The number of amides is 1. The molecule has 12 nitrogen and oxygen atoms in total. The number of carboxylic acid groups (broad SMARTS) is 1. The molecule has 1 aliphatic carbocycles. The third-order valence-corrected chi connectivity index (χ3v) is 10.5. The standard InChI is InChI=1S/C31H32N4O8S2/c1-19(2)15-16-31(3)23-12-8-7-11-22(23)27(36)26(28(31)37)29-32-24-14-13-21(17-25(24)44(40,41)34-29)33-45(42,43)35(30(38)39)18-20-9-5-4-6-10-20/h4-14,17,19,33,36H,15-16,18H2,1-3H3,(H,32,34)(H,38,39). The molecule has 0 aromatic heterocycles. The number of aliphatic hydroxyl groups is 1. The molecule has 3 aromatic rings. The third kappa shape index (κ3) is 6.02. The van der Waals surface area contributed by atoms with Crippen molar-refractivity contribution in [2.45, 2.75) is 50.5 Å². The number of aliphatic hydroxyl groups excluding tert-OH is 1. The number of nitrogens with zero attached hydrogens (tertiary/aromatic N) is 2. The van der Waals surface area contributed by atoms with Gasteiger partial charge < -0.3 is 15.5 Å². The fourth-order valence-electron chi connectivity index (χ4n) is 5.40. The minimum absolute atomic E-state index is 0.0156. The molecule has 1 atom stereocenters. The Morgan fingerprint density at radius 1 is 1.07 bits per heavy atom. The molecule has 45 heavy (non-hydrogen) atoms. The zero-order valence-corrected chi connectivity index (χ0v) is 26.3. The third-order valence-electron chi connectivity index (χ3n) is 7.84. The number of ketones is 1. The van der Waals surface area contributed by atoms with Crippen LogP contribution in [0.15, 0.2) is 87.7 Å². The lowest BCUT2D eigenvalue weighted by molar-refractivity contribution is -0.120. The Kier molecular flexibility index (Phi) is 8.23. The number of rotatable bonds is 9. The Morgan fingerprint density at radius 3 is 2.40 bits per heavy atom. The van der Waals surface area contributed by atoms with Crippen molar-refractivity contribution in [1.29, 1.82) is 0 Å². The van der Waals surface area contributed by atoms with Crippen molar-refractivity contribution < 1.29 is 36.6 Å². The lowest BCUT2D eigenvalue weighted by atomic mass is 9.66. The van der Waals surface area contributed by atoms with Crippen LogP contribution >= 0.6 is 0 Å². The number of amidine groups is 1. The van der Waals surface area contributed by atoms with Gasteiger partial charge in [0.25, 0.3) is 10.0 Å². The second-order valence-corrected chi connectivity index (χ2v) is 14.7. The average Bonchev–Trinajstić information content (AvgIpc) is 2.98. The summed E-state index contributed by atoms with van der Waals surface area (Å²) in [7, 11) is -9.21. The monoisotopic (exact) mass is 652 g/mol. The summed E-state index contributed by atoms with van der Waals surface area (Å²) in [5, 5.41) is 23.7. The molecule has 0 saturated heterocycles.